The first-order chi connectivity index (χ1) is 12.6. The van der Waals surface area contributed by atoms with Crippen molar-refractivity contribution < 1.29 is 23.6 Å². The van der Waals surface area contributed by atoms with Gasteiger partial charge in [-0.25, -0.2) is 0 Å². The van der Waals surface area contributed by atoms with Gasteiger partial charge in [0.25, 0.3) is 5.91 Å². The zero-order valence-corrected chi connectivity index (χ0v) is 13.7. The van der Waals surface area contributed by atoms with Gasteiger partial charge in [-0.3, -0.25) is 14.5 Å². The van der Waals surface area contributed by atoms with Crippen LogP contribution in [-0.4, -0.2) is 22.0 Å². The number of amides is 1. The Balaban J connectivity index is 1.88. The molecule has 130 valence electrons. The number of aliphatic hydroxyl groups is 1. The molecule has 0 saturated heterocycles. The number of furan rings is 1. The third-order valence-corrected chi connectivity index (χ3v) is 4.18. The van der Waals surface area contributed by atoms with E-state index in [0.29, 0.717) is 11.3 Å². The molecule has 0 saturated carbocycles. The number of anilines is 1. The molecule has 0 spiro atoms. The maximum absolute atomic E-state index is 12.9. The zero-order valence-electron chi connectivity index (χ0n) is 13.7. The summed E-state index contributed by atoms with van der Waals surface area (Å²) in [6.07, 6.45) is 1.36. The van der Waals surface area contributed by atoms with Gasteiger partial charge in [0.15, 0.2) is 17.3 Å². The summed E-state index contributed by atoms with van der Waals surface area (Å²) in [6, 6.07) is 12.7. The van der Waals surface area contributed by atoms with E-state index in [1.54, 1.807) is 43.3 Å². The Kier molecular flexibility index (Phi) is 3.69. The summed E-state index contributed by atoms with van der Waals surface area (Å²) < 4.78 is 10.2. The standard InChI is InChI=1S/C19H14N2O5/c1-11-10-14(20-26-11)21-16(12-6-3-2-4-7-12)15(18(23)19(21)24)17(22)13-8-5-9-25-13/h2-10,16,23H,1H3. The van der Waals surface area contributed by atoms with Crippen LogP contribution in [0.2, 0.25) is 0 Å². The van der Waals surface area contributed by atoms with Crippen LogP contribution in [0.3, 0.4) is 0 Å². The van der Waals surface area contributed by atoms with Crippen molar-refractivity contribution in [3.8, 4) is 0 Å². The second kappa shape index (κ2) is 6.03. The van der Waals surface area contributed by atoms with Crippen LogP contribution in [0.1, 0.15) is 27.9 Å². The predicted molar refractivity (Wildman–Crippen MR) is 90.6 cm³/mol. The smallest absolute Gasteiger partial charge is 0.295 e. The molecule has 1 aromatic carbocycles. The quantitative estimate of drug-likeness (QED) is 0.725. The second-order valence-corrected chi connectivity index (χ2v) is 5.85. The van der Waals surface area contributed by atoms with E-state index in [4.69, 9.17) is 8.94 Å². The molecule has 0 fully saturated rings. The number of aryl methyl sites for hydroxylation is 1. The highest BCUT2D eigenvalue weighted by atomic mass is 16.5. The number of benzene rings is 1. The van der Waals surface area contributed by atoms with E-state index in [9.17, 15) is 14.7 Å². The van der Waals surface area contributed by atoms with E-state index in [1.165, 1.54) is 17.2 Å². The molecule has 1 N–H and O–H groups in total. The molecule has 0 bridgehead atoms. The van der Waals surface area contributed by atoms with Crippen molar-refractivity contribution in [2.45, 2.75) is 13.0 Å². The number of carbonyl (C=O) groups excluding carboxylic acids is 2. The fraction of sp³-hybridized carbons (Fsp3) is 0.105. The first kappa shape index (κ1) is 15.9. The summed E-state index contributed by atoms with van der Waals surface area (Å²) in [4.78, 5) is 26.9. The number of carbonyl (C=O) groups is 2. The largest absolute Gasteiger partial charge is 0.503 e. The maximum Gasteiger partial charge on any atom is 0.295 e. The molecule has 7 nitrogen and oxygen atoms in total. The van der Waals surface area contributed by atoms with Gasteiger partial charge in [-0.2, -0.15) is 0 Å². The van der Waals surface area contributed by atoms with Crippen molar-refractivity contribution >= 4 is 17.5 Å². The van der Waals surface area contributed by atoms with Gasteiger partial charge in [-0.1, -0.05) is 35.5 Å². The second-order valence-electron chi connectivity index (χ2n) is 5.85. The summed E-state index contributed by atoms with van der Waals surface area (Å²) in [7, 11) is 0. The van der Waals surface area contributed by atoms with Crippen LogP contribution >= 0.6 is 0 Å². The van der Waals surface area contributed by atoms with Gasteiger partial charge in [0, 0.05) is 6.07 Å². The van der Waals surface area contributed by atoms with Gasteiger partial charge in [0.05, 0.1) is 17.9 Å². The van der Waals surface area contributed by atoms with E-state index < -0.39 is 23.5 Å². The van der Waals surface area contributed by atoms with Crippen molar-refractivity contribution in [2.24, 2.45) is 0 Å². The summed E-state index contributed by atoms with van der Waals surface area (Å²) in [5.41, 5.74) is 0.595. The van der Waals surface area contributed by atoms with Crippen LogP contribution < -0.4 is 4.90 Å². The molecule has 1 atom stereocenters. The fourth-order valence-corrected chi connectivity index (χ4v) is 3.03. The average Bonchev–Trinajstić information content (AvgIpc) is 3.37. The number of rotatable bonds is 4. The molecular formula is C19H14N2O5. The molecule has 0 radical (unpaired) electrons. The van der Waals surface area contributed by atoms with Crippen molar-refractivity contribution in [2.75, 3.05) is 4.90 Å². The lowest BCUT2D eigenvalue weighted by molar-refractivity contribution is -0.117. The number of aliphatic hydroxyl groups excluding tert-OH is 1. The number of hydrogen-bond acceptors (Lipinski definition) is 6. The summed E-state index contributed by atoms with van der Waals surface area (Å²) in [5, 5.41) is 14.3. The van der Waals surface area contributed by atoms with Crippen LogP contribution in [0.15, 0.2) is 75.1 Å². The van der Waals surface area contributed by atoms with Crippen molar-refractivity contribution in [1.29, 1.82) is 0 Å². The third-order valence-electron chi connectivity index (χ3n) is 4.18. The summed E-state index contributed by atoms with van der Waals surface area (Å²) >= 11 is 0. The molecule has 1 aliphatic rings. The van der Waals surface area contributed by atoms with Crippen molar-refractivity contribution in [3.05, 3.63) is 83.2 Å². The van der Waals surface area contributed by atoms with E-state index in [-0.39, 0.29) is 17.2 Å². The van der Waals surface area contributed by atoms with Crippen molar-refractivity contribution in [3.63, 3.8) is 0 Å². The normalized spacial score (nSPS) is 17.2. The van der Waals surface area contributed by atoms with Gasteiger partial charge in [-0.05, 0) is 24.6 Å². The van der Waals surface area contributed by atoms with E-state index in [0.717, 1.165) is 0 Å². The highest BCUT2D eigenvalue weighted by Crippen LogP contribution is 2.41. The highest BCUT2D eigenvalue weighted by Gasteiger charge is 2.46. The van der Waals surface area contributed by atoms with E-state index >= 15 is 0 Å². The van der Waals surface area contributed by atoms with E-state index in [2.05, 4.69) is 5.16 Å². The molecule has 26 heavy (non-hydrogen) atoms. The van der Waals surface area contributed by atoms with Crippen LogP contribution in [0.25, 0.3) is 0 Å². The number of ketones is 1. The van der Waals surface area contributed by atoms with Gasteiger partial charge in [-0.15, -0.1) is 0 Å². The zero-order chi connectivity index (χ0) is 18.3. The lowest BCUT2D eigenvalue weighted by atomic mass is 9.95. The molecular weight excluding hydrogens is 336 g/mol. The Morgan fingerprint density at radius 1 is 1.19 bits per heavy atom. The Hall–Kier alpha value is -3.61. The minimum absolute atomic E-state index is 0.0402. The number of Topliss-reactive ketones (excluding diaryl/α,β-unsaturated/α-hetero) is 1. The lowest BCUT2D eigenvalue weighted by Gasteiger charge is -2.24. The lowest BCUT2D eigenvalue weighted by Crippen LogP contribution is -2.31. The van der Waals surface area contributed by atoms with Gasteiger partial charge in [0.2, 0.25) is 5.78 Å². The Morgan fingerprint density at radius 2 is 1.96 bits per heavy atom. The topological polar surface area (TPSA) is 96.8 Å². The van der Waals surface area contributed by atoms with Crippen LogP contribution in [-0.2, 0) is 4.79 Å². The summed E-state index contributed by atoms with van der Waals surface area (Å²) in [5.74, 6) is -1.14. The molecule has 3 heterocycles. The van der Waals surface area contributed by atoms with Crippen molar-refractivity contribution in [1.82, 2.24) is 5.16 Å². The Labute approximate surface area is 148 Å². The highest BCUT2D eigenvalue weighted by molar-refractivity contribution is 6.19. The summed E-state index contributed by atoms with van der Waals surface area (Å²) in [6.45, 7) is 1.69. The molecule has 0 aliphatic carbocycles. The van der Waals surface area contributed by atoms with Crippen LogP contribution in [0.5, 0.6) is 0 Å². The molecule has 4 rings (SSSR count). The Bertz CT molecular complexity index is 1000. The minimum atomic E-state index is -0.842. The number of nitrogens with zero attached hydrogens (tertiary/aromatic N) is 2. The van der Waals surface area contributed by atoms with Gasteiger partial charge in [0.1, 0.15) is 5.76 Å². The van der Waals surface area contributed by atoms with Gasteiger partial charge >= 0.3 is 0 Å². The maximum atomic E-state index is 12.9. The first-order valence-electron chi connectivity index (χ1n) is 7.91. The Morgan fingerprint density at radius 3 is 2.58 bits per heavy atom. The van der Waals surface area contributed by atoms with Gasteiger partial charge < -0.3 is 14.0 Å². The number of hydrogen-bond donors (Lipinski definition) is 1. The molecule has 2 aromatic heterocycles. The third kappa shape index (κ3) is 2.41. The van der Waals surface area contributed by atoms with Crippen LogP contribution in [0.4, 0.5) is 5.82 Å². The average molecular weight is 350 g/mol. The molecule has 1 amide bonds. The first-order valence-corrected chi connectivity index (χ1v) is 7.91. The molecule has 3 aromatic rings. The van der Waals surface area contributed by atoms with E-state index in [1.807, 2.05) is 6.07 Å². The molecule has 1 unspecified atom stereocenters. The SMILES string of the molecule is Cc1cc(N2C(=O)C(O)=C(C(=O)c3ccco3)C2c2ccccc2)no1. The minimum Gasteiger partial charge on any atom is -0.503 e. The predicted octanol–water partition coefficient (Wildman–Crippen LogP) is 3.36. The molecule has 7 heteroatoms. The monoisotopic (exact) mass is 350 g/mol. The number of aromatic nitrogens is 1. The van der Waals surface area contributed by atoms with Crippen LogP contribution in [0, 0.1) is 6.92 Å². The molecule has 1 aliphatic heterocycles. The fourth-order valence-electron chi connectivity index (χ4n) is 3.03.